The molecule has 3 aromatic rings. The molecular formula is C28H31N3O6S. The van der Waals surface area contributed by atoms with Crippen molar-refractivity contribution in [1.29, 1.82) is 0 Å². The number of carbonyl (C=O) groups excluding carboxylic acids is 2. The van der Waals surface area contributed by atoms with E-state index in [2.05, 4.69) is 10.2 Å². The highest BCUT2D eigenvalue weighted by Crippen LogP contribution is 2.33. The van der Waals surface area contributed by atoms with Crippen LogP contribution in [0.4, 0.5) is 5.69 Å². The van der Waals surface area contributed by atoms with Crippen molar-refractivity contribution in [2.75, 3.05) is 31.2 Å². The quantitative estimate of drug-likeness (QED) is 0.344. The van der Waals surface area contributed by atoms with Gasteiger partial charge in [0.05, 0.1) is 19.8 Å². The fourth-order valence-corrected chi connectivity index (χ4v) is 5.70. The van der Waals surface area contributed by atoms with Crippen LogP contribution in [-0.2, 0) is 34.0 Å². The molecule has 1 aromatic heterocycles. The van der Waals surface area contributed by atoms with E-state index in [1.807, 2.05) is 53.9 Å². The summed E-state index contributed by atoms with van der Waals surface area (Å²) in [6.07, 6.45) is -4.59. The summed E-state index contributed by atoms with van der Waals surface area (Å²) in [7, 11) is 0. The predicted octanol–water partition coefficient (Wildman–Crippen LogP) is 1.55. The first kappa shape index (κ1) is 26.3. The van der Waals surface area contributed by atoms with Gasteiger partial charge < -0.3 is 35.2 Å². The normalized spacial score (nSPS) is 17.6. The van der Waals surface area contributed by atoms with Gasteiger partial charge in [0, 0.05) is 42.3 Å². The van der Waals surface area contributed by atoms with E-state index in [1.165, 1.54) is 16.2 Å². The lowest BCUT2D eigenvalue weighted by atomic mass is 10.0. The summed E-state index contributed by atoms with van der Waals surface area (Å²) >= 11 is 1.37. The zero-order chi connectivity index (χ0) is 26.6. The lowest BCUT2D eigenvalue weighted by molar-refractivity contribution is -0.153. The monoisotopic (exact) mass is 537 g/mol. The van der Waals surface area contributed by atoms with Gasteiger partial charge in [-0.2, -0.15) is 0 Å². The number of hydrogen-bond donors (Lipinski definition) is 4. The zero-order valence-corrected chi connectivity index (χ0v) is 21.6. The molecule has 2 aromatic carbocycles. The van der Waals surface area contributed by atoms with Crippen LogP contribution < -0.4 is 10.2 Å². The molecule has 4 N–H and O–H groups in total. The van der Waals surface area contributed by atoms with E-state index in [0.717, 1.165) is 40.3 Å². The molecule has 38 heavy (non-hydrogen) atoms. The molecule has 200 valence electrons. The van der Waals surface area contributed by atoms with E-state index >= 15 is 0 Å². The van der Waals surface area contributed by atoms with E-state index in [-0.39, 0.29) is 6.54 Å². The highest BCUT2D eigenvalue weighted by Gasteiger charge is 2.35. The minimum Gasteiger partial charge on any atom is -0.384 e. The van der Waals surface area contributed by atoms with Crippen molar-refractivity contribution in [1.82, 2.24) is 10.2 Å². The van der Waals surface area contributed by atoms with Gasteiger partial charge in [0.2, 0.25) is 0 Å². The number of para-hydroxylation sites is 1. The molecule has 0 saturated carbocycles. The van der Waals surface area contributed by atoms with Gasteiger partial charge in [-0.15, -0.1) is 11.3 Å². The molecule has 2 aliphatic rings. The van der Waals surface area contributed by atoms with Gasteiger partial charge in [-0.3, -0.25) is 9.59 Å². The molecule has 5 rings (SSSR count). The summed E-state index contributed by atoms with van der Waals surface area (Å²) in [6.45, 7) is 3.55. The molecule has 1 saturated heterocycles. The number of fused-ring (bicyclic) bond motifs is 1. The van der Waals surface area contributed by atoms with Crippen molar-refractivity contribution in [2.24, 2.45) is 0 Å². The molecule has 0 radical (unpaired) electrons. The highest BCUT2D eigenvalue weighted by molar-refractivity contribution is 7.10. The van der Waals surface area contributed by atoms with Gasteiger partial charge in [-0.1, -0.05) is 42.5 Å². The molecule has 0 aliphatic carbocycles. The van der Waals surface area contributed by atoms with Crippen molar-refractivity contribution in [3.8, 4) is 0 Å². The van der Waals surface area contributed by atoms with Crippen molar-refractivity contribution in [3.05, 3.63) is 87.1 Å². The van der Waals surface area contributed by atoms with Crippen LogP contribution in [0.3, 0.4) is 0 Å². The standard InChI is InChI=1S/C28H31N3O6S/c32-24(22-7-3-4-8-23(22)30-9-11-37-12-10-30)20-13-21(38-17-20)14-29-27(35)25(33)26(34)28(36)31-15-18-5-1-2-6-19(18)16-31/h1-8,13,17,24-26,32-34H,9-12,14-16H2,(H,29,35)/t24?,25-,26-/m1/s1. The Kier molecular flexibility index (Phi) is 8.06. The first-order valence-electron chi connectivity index (χ1n) is 12.6. The molecule has 3 atom stereocenters. The van der Waals surface area contributed by atoms with Crippen molar-refractivity contribution in [3.63, 3.8) is 0 Å². The smallest absolute Gasteiger partial charge is 0.255 e. The molecule has 1 unspecified atom stereocenters. The van der Waals surface area contributed by atoms with Crippen LogP contribution in [0.2, 0.25) is 0 Å². The summed E-state index contributed by atoms with van der Waals surface area (Å²) in [4.78, 5) is 29.6. The summed E-state index contributed by atoms with van der Waals surface area (Å²) in [6, 6.07) is 17.1. The SMILES string of the molecule is O=C(NCc1cc(C(O)c2ccccc2N2CCOCC2)cs1)[C@H](O)[C@@H](O)C(=O)N1Cc2ccccc2C1. The van der Waals surface area contributed by atoms with E-state index in [9.17, 15) is 24.9 Å². The molecular weight excluding hydrogens is 506 g/mol. The van der Waals surface area contributed by atoms with E-state index in [4.69, 9.17) is 4.74 Å². The molecule has 2 amide bonds. The number of thiophene rings is 1. The Morgan fingerprint density at radius 3 is 2.32 bits per heavy atom. The Labute approximate surface area is 224 Å². The third-order valence-electron chi connectivity index (χ3n) is 6.98. The lowest BCUT2D eigenvalue weighted by Gasteiger charge is -2.31. The van der Waals surface area contributed by atoms with E-state index < -0.39 is 30.1 Å². The van der Waals surface area contributed by atoms with Crippen LogP contribution in [0, 0.1) is 0 Å². The summed E-state index contributed by atoms with van der Waals surface area (Å²) in [5.74, 6) is -1.53. The van der Waals surface area contributed by atoms with E-state index in [0.29, 0.717) is 31.9 Å². The Morgan fingerprint density at radius 2 is 1.61 bits per heavy atom. The second-order valence-corrected chi connectivity index (χ2v) is 10.5. The maximum Gasteiger partial charge on any atom is 0.255 e. The number of rotatable bonds is 8. The summed E-state index contributed by atoms with van der Waals surface area (Å²) in [5, 5.41) is 36.3. The van der Waals surface area contributed by atoms with Crippen LogP contribution in [0.15, 0.2) is 60.0 Å². The first-order chi connectivity index (χ1) is 18.4. The molecule has 0 bridgehead atoms. The number of aliphatic hydroxyl groups is 3. The zero-order valence-electron chi connectivity index (χ0n) is 20.8. The van der Waals surface area contributed by atoms with Crippen LogP contribution >= 0.6 is 11.3 Å². The maximum atomic E-state index is 12.7. The third-order valence-corrected chi connectivity index (χ3v) is 7.94. The number of amides is 2. The van der Waals surface area contributed by atoms with Crippen molar-refractivity contribution >= 4 is 28.8 Å². The second-order valence-electron chi connectivity index (χ2n) is 9.48. The number of nitrogens with one attached hydrogen (secondary N) is 1. The number of anilines is 1. The number of benzene rings is 2. The van der Waals surface area contributed by atoms with Crippen LogP contribution in [0.5, 0.6) is 0 Å². The van der Waals surface area contributed by atoms with Crippen LogP contribution in [0.25, 0.3) is 0 Å². The van der Waals surface area contributed by atoms with Gasteiger partial charge in [0.1, 0.15) is 6.10 Å². The summed E-state index contributed by atoms with van der Waals surface area (Å²) < 4.78 is 5.45. The molecule has 1 fully saturated rings. The number of carbonyl (C=O) groups is 2. The van der Waals surface area contributed by atoms with Crippen molar-refractivity contribution < 1.29 is 29.6 Å². The summed E-state index contributed by atoms with van der Waals surface area (Å²) in [5.41, 5.74) is 4.42. The minimum atomic E-state index is -1.89. The second kappa shape index (κ2) is 11.6. The largest absolute Gasteiger partial charge is 0.384 e. The fraction of sp³-hybridized carbons (Fsp3) is 0.357. The molecule has 0 spiro atoms. The number of hydrogen-bond acceptors (Lipinski definition) is 8. The van der Waals surface area contributed by atoms with Gasteiger partial charge in [-0.05, 0) is 34.2 Å². The van der Waals surface area contributed by atoms with Crippen LogP contribution in [0.1, 0.15) is 33.2 Å². The van der Waals surface area contributed by atoms with Gasteiger partial charge >= 0.3 is 0 Å². The van der Waals surface area contributed by atoms with Gasteiger partial charge in [-0.25, -0.2) is 0 Å². The Balaban J connectivity index is 1.17. The average molecular weight is 538 g/mol. The molecule has 3 heterocycles. The van der Waals surface area contributed by atoms with Gasteiger partial charge in [0.25, 0.3) is 11.8 Å². The van der Waals surface area contributed by atoms with Crippen molar-refractivity contribution in [2.45, 2.75) is 37.9 Å². The van der Waals surface area contributed by atoms with Crippen LogP contribution in [-0.4, -0.2) is 70.5 Å². The van der Waals surface area contributed by atoms with E-state index in [1.54, 1.807) is 6.07 Å². The average Bonchev–Trinajstić information content (AvgIpc) is 3.62. The molecule has 9 nitrogen and oxygen atoms in total. The minimum absolute atomic E-state index is 0.0917. The van der Waals surface area contributed by atoms with Gasteiger partial charge in [0.15, 0.2) is 12.2 Å². The highest BCUT2D eigenvalue weighted by atomic mass is 32.1. The first-order valence-corrected chi connectivity index (χ1v) is 13.5. The third kappa shape index (κ3) is 5.59. The lowest BCUT2D eigenvalue weighted by Crippen LogP contribution is -2.49. The fourth-order valence-electron chi connectivity index (χ4n) is 4.86. The number of morpholine rings is 1. The Morgan fingerprint density at radius 1 is 0.947 bits per heavy atom. The Hall–Kier alpha value is -3.28. The number of ether oxygens (including phenoxy) is 1. The number of aliphatic hydroxyl groups excluding tert-OH is 3. The topological polar surface area (TPSA) is 123 Å². The molecule has 2 aliphatic heterocycles. The molecule has 10 heteroatoms. The predicted molar refractivity (Wildman–Crippen MR) is 142 cm³/mol. The Bertz CT molecular complexity index is 1270. The number of nitrogens with zero attached hydrogens (tertiary/aromatic N) is 2. The maximum absolute atomic E-state index is 12.7.